The average molecular weight is 369 g/mol. The molecule has 0 radical (unpaired) electrons. The monoisotopic (exact) mass is 369 g/mol. The summed E-state index contributed by atoms with van der Waals surface area (Å²) in [6.45, 7) is 0.637. The number of aromatic nitrogens is 2. The van der Waals surface area contributed by atoms with E-state index < -0.39 is 0 Å². The normalized spacial score (nSPS) is 10.8. The van der Waals surface area contributed by atoms with Crippen molar-refractivity contribution in [1.29, 1.82) is 0 Å². The summed E-state index contributed by atoms with van der Waals surface area (Å²) in [5.41, 5.74) is 1.40. The van der Waals surface area contributed by atoms with Gasteiger partial charge in [-0.25, -0.2) is 4.39 Å². The lowest BCUT2D eigenvalue weighted by molar-refractivity contribution is -0.116. The van der Waals surface area contributed by atoms with E-state index in [4.69, 9.17) is 4.74 Å². The van der Waals surface area contributed by atoms with Crippen molar-refractivity contribution in [3.63, 3.8) is 0 Å². The molecule has 26 heavy (non-hydrogen) atoms. The Labute approximate surface area is 154 Å². The Kier molecular flexibility index (Phi) is 6.05. The number of benzene rings is 1. The van der Waals surface area contributed by atoms with Crippen LogP contribution in [-0.4, -0.2) is 29.3 Å². The van der Waals surface area contributed by atoms with Gasteiger partial charge in [-0.2, -0.15) is 0 Å². The Morgan fingerprint density at radius 2 is 2.00 bits per heavy atom. The van der Waals surface area contributed by atoms with Crippen LogP contribution in [0.5, 0.6) is 5.88 Å². The van der Waals surface area contributed by atoms with Crippen LogP contribution in [0, 0.1) is 5.82 Å². The molecular formula is C19H16FN3O2S. The highest BCUT2D eigenvalue weighted by atomic mass is 32.1. The molecule has 1 amide bonds. The minimum Gasteiger partial charge on any atom is -0.475 e. The van der Waals surface area contributed by atoms with Crippen LogP contribution in [0.15, 0.2) is 60.0 Å². The predicted molar refractivity (Wildman–Crippen MR) is 99.3 cm³/mol. The number of rotatable bonds is 7. The second-order valence-corrected chi connectivity index (χ2v) is 6.23. The van der Waals surface area contributed by atoms with E-state index in [-0.39, 0.29) is 18.3 Å². The lowest BCUT2D eigenvalue weighted by atomic mass is 10.1. The fourth-order valence-electron chi connectivity index (χ4n) is 2.10. The number of nitrogens with zero attached hydrogens (tertiary/aromatic N) is 2. The molecule has 1 N–H and O–H groups in total. The summed E-state index contributed by atoms with van der Waals surface area (Å²) in [4.78, 5) is 12.7. The van der Waals surface area contributed by atoms with Crippen LogP contribution in [0.3, 0.4) is 0 Å². The van der Waals surface area contributed by atoms with Crippen molar-refractivity contribution in [3.05, 3.63) is 70.7 Å². The van der Waals surface area contributed by atoms with Gasteiger partial charge in [0.25, 0.3) is 0 Å². The van der Waals surface area contributed by atoms with Crippen molar-refractivity contribution in [2.24, 2.45) is 0 Å². The van der Waals surface area contributed by atoms with Crippen LogP contribution in [0.25, 0.3) is 17.3 Å². The SMILES string of the molecule is O=C(/C=C/c1cccs1)NCCOc1ccc(-c2ccc(F)cc2)nn1. The third kappa shape index (κ3) is 5.22. The van der Waals surface area contributed by atoms with E-state index in [9.17, 15) is 9.18 Å². The molecule has 0 bridgehead atoms. The first-order valence-corrected chi connectivity index (χ1v) is 8.80. The van der Waals surface area contributed by atoms with Crippen LogP contribution < -0.4 is 10.1 Å². The zero-order chi connectivity index (χ0) is 18.2. The number of hydrogen-bond acceptors (Lipinski definition) is 5. The summed E-state index contributed by atoms with van der Waals surface area (Å²) in [5, 5.41) is 12.7. The summed E-state index contributed by atoms with van der Waals surface area (Å²) >= 11 is 1.57. The van der Waals surface area contributed by atoms with Gasteiger partial charge in [-0.3, -0.25) is 4.79 Å². The maximum absolute atomic E-state index is 12.9. The molecule has 0 aliphatic carbocycles. The van der Waals surface area contributed by atoms with Crippen LogP contribution >= 0.6 is 11.3 Å². The van der Waals surface area contributed by atoms with Gasteiger partial charge < -0.3 is 10.1 Å². The molecule has 0 saturated heterocycles. The third-order valence-corrected chi connectivity index (χ3v) is 4.21. The zero-order valence-corrected chi connectivity index (χ0v) is 14.6. The van der Waals surface area contributed by atoms with Gasteiger partial charge >= 0.3 is 0 Å². The van der Waals surface area contributed by atoms with E-state index in [2.05, 4.69) is 15.5 Å². The minimum atomic E-state index is -0.297. The quantitative estimate of drug-likeness (QED) is 0.511. The van der Waals surface area contributed by atoms with Gasteiger partial charge in [-0.15, -0.1) is 21.5 Å². The van der Waals surface area contributed by atoms with Gasteiger partial charge in [0.1, 0.15) is 12.4 Å². The van der Waals surface area contributed by atoms with Crippen molar-refractivity contribution >= 4 is 23.3 Å². The fraction of sp³-hybridized carbons (Fsp3) is 0.105. The van der Waals surface area contributed by atoms with Crippen molar-refractivity contribution in [2.45, 2.75) is 0 Å². The first-order chi connectivity index (χ1) is 12.7. The second kappa shape index (κ2) is 8.87. The molecule has 2 aromatic heterocycles. The van der Waals surface area contributed by atoms with E-state index >= 15 is 0 Å². The molecule has 0 atom stereocenters. The van der Waals surface area contributed by atoms with Crippen molar-refractivity contribution in [3.8, 4) is 17.1 Å². The van der Waals surface area contributed by atoms with Gasteiger partial charge in [0.2, 0.25) is 11.8 Å². The molecule has 1 aromatic carbocycles. The Morgan fingerprint density at radius 3 is 2.69 bits per heavy atom. The van der Waals surface area contributed by atoms with Crippen LogP contribution in [-0.2, 0) is 4.79 Å². The highest BCUT2D eigenvalue weighted by Gasteiger charge is 2.03. The lowest BCUT2D eigenvalue weighted by Crippen LogP contribution is -2.26. The highest BCUT2D eigenvalue weighted by Crippen LogP contribution is 2.18. The molecule has 3 rings (SSSR count). The summed E-state index contributed by atoms with van der Waals surface area (Å²) in [5.74, 6) is -0.118. The third-order valence-electron chi connectivity index (χ3n) is 3.37. The smallest absolute Gasteiger partial charge is 0.244 e. The molecule has 132 valence electrons. The molecular weight excluding hydrogens is 353 g/mol. The van der Waals surface area contributed by atoms with Crippen molar-refractivity contribution in [2.75, 3.05) is 13.2 Å². The Morgan fingerprint density at radius 1 is 1.15 bits per heavy atom. The number of halogens is 1. The fourth-order valence-corrected chi connectivity index (χ4v) is 2.72. The molecule has 0 fully saturated rings. The average Bonchev–Trinajstić information content (AvgIpc) is 3.18. The summed E-state index contributed by atoms with van der Waals surface area (Å²) in [6, 6.07) is 13.3. The zero-order valence-electron chi connectivity index (χ0n) is 13.8. The molecule has 0 saturated carbocycles. The van der Waals surface area contributed by atoms with Crippen LogP contribution in [0.4, 0.5) is 4.39 Å². The van der Waals surface area contributed by atoms with Crippen LogP contribution in [0.2, 0.25) is 0 Å². The summed E-state index contributed by atoms with van der Waals surface area (Å²) in [6.07, 6.45) is 3.25. The summed E-state index contributed by atoms with van der Waals surface area (Å²) < 4.78 is 18.4. The number of nitrogens with one attached hydrogen (secondary N) is 1. The minimum absolute atomic E-state index is 0.181. The van der Waals surface area contributed by atoms with E-state index in [1.165, 1.54) is 18.2 Å². The Balaban J connectivity index is 1.42. The number of carbonyl (C=O) groups is 1. The predicted octanol–water partition coefficient (Wildman–Crippen LogP) is 3.55. The molecule has 0 unspecified atom stereocenters. The Hall–Kier alpha value is -3.06. The highest BCUT2D eigenvalue weighted by molar-refractivity contribution is 7.10. The molecule has 2 heterocycles. The van der Waals surface area contributed by atoms with Crippen molar-refractivity contribution < 1.29 is 13.9 Å². The number of carbonyl (C=O) groups excluding carboxylic acids is 1. The first-order valence-electron chi connectivity index (χ1n) is 7.92. The van der Waals surface area contributed by atoms with Gasteiger partial charge in [-0.1, -0.05) is 6.07 Å². The number of hydrogen-bond donors (Lipinski definition) is 1. The standard InChI is InChI=1S/C19H16FN3O2S/c20-15-5-3-14(4-6-15)17-8-10-19(23-22-17)25-12-11-21-18(24)9-7-16-2-1-13-26-16/h1-10,13H,11-12H2,(H,21,24)/b9-7+. The topological polar surface area (TPSA) is 64.1 Å². The number of ether oxygens (including phenoxy) is 1. The Bertz CT molecular complexity index is 863. The number of amides is 1. The van der Waals surface area contributed by atoms with Gasteiger partial charge in [0.05, 0.1) is 12.2 Å². The number of thiophene rings is 1. The molecule has 0 aliphatic heterocycles. The van der Waals surface area contributed by atoms with E-state index in [1.54, 1.807) is 41.7 Å². The summed E-state index contributed by atoms with van der Waals surface area (Å²) in [7, 11) is 0. The maximum atomic E-state index is 12.9. The first kappa shape index (κ1) is 17.8. The van der Waals surface area contributed by atoms with Crippen LogP contribution in [0.1, 0.15) is 4.88 Å². The van der Waals surface area contributed by atoms with Gasteiger partial charge in [0, 0.05) is 22.6 Å². The molecule has 5 nitrogen and oxygen atoms in total. The van der Waals surface area contributed by atoms with E-state index in [0.717, 1.165) is 10.4 Å². The molecule has 0 spiro atoms. The molecule has 7 heteroatoms. The van der Waals surface area contributed by atoms with E-state index in [0.29, 0.717) is 18.1 Å². The van der Waals surface area contributed by atoms with E-state index in [1.807, 2.05) is 17.5 Å². The molecule has 0 aliphatic rings. The second-order valence-electron chi connectivity index (χ2n) is 5.25. The molecule has 3 aromatic rings. The van der Waals surface area contributed by atoms with Crippen molar-refractivity contribution in [1.82, 2.24) is 15.5 Å². The van der Waals surface area contributed by atoms with Gasteiger partial charge in [-0.05, 0) is 47.9 Å². The maximum Gasteiger partial charge on any atom is 0.244 e. The lowest BCUT2D eigenvalue weighted by Gasteiger charge is -2.06. The van der Waals surface area contributed by atoms with Gasteiger partial charge in [0.15, 0.2) is 0 Å². The largest absolute Gasteiger partial charge is 0.475 e.